The van der Waals surface area contributed by atoms with Crippen LogP contribution in [0.15, 0.2) is 48.5 Å². The maximum Gasteiger partial charge on any atom is 0.310 e. The molecule has 0 aliphatic carbocycles. The van der Waals surface area contributed by atoms with Gasteiger partial charge in [0.15, 0.2) is 18.1 Å². The molecule has 0 saturated carbocycles. The van der Waals surface area contributed by atoms with Gasteiger partial charge in [0.25, 0.3) is 5.91 Å². The lowest BCUT2D eigenvalue weighted by Crippen LogP contribution is -2.35. The Hall–Kier alpha value is -3.53. The molecule has 0 aromatic heterocycles. The number of hydrogen-bond acceptors (Lipinski definition) is 6. The van der Waals surface area contributed by atoms with Crippen molar-refractivity contribution < 1.29 is 23.8 Å². The van der Waals surface area contributed by atoms with Crippen LogP contribution in [0.25, 0.3) is 0 Å². The predicted molar refractivity (Wildman–Crippen MR) is 96.5 cm³/mol. The van der Waals surface area contributed by atoms with Crippen molar-refractivity contribution in [1.29, 1.82) is 5.26 Å². The lowest BCUT2D eigenvalue weighted by atomic mass is 10.1. The van der Waals surface area contributed by atoms with Crippen molar-refractivity contribution in [2.45, 2.75) is 6.42 Å². The minimum absolute atomic E-state index is 0.00745. The van der Waals surface area contributed by atoms with Gasteiger partial charge in [0, 0.05) is 5.69 Å². The Bertz CT molecular complexity index is 860. The number of ether oxygens (including phenoxy) is 3. The zero-order valence-electron chi connectivity index (χ0n) is 14.6. The lowest BCUT2D eigenvalue weighted by Gasteiger charge is -2.20. The molecule has 0 saturated heterocycles. The van der Waals surface area contributed by atoms with Crippen LogP contribution in [0.1, 0.15) is 5.56 Å². The largest absolute Gasteiger partial charge is 0.486 e. The van der Waals surface area contributed by atoms with E-state index >= 15 is 0 Å². The van der Waals surface area contributed by atoms with Gasteiger partial charge >= 0.3 is 5.97 Å². The molecule has 7 nitrogen and oxygen atoms in total. The Balaban J connectivity index is 1.56. The molecule has 3 rings (SSSR count). The SMILES string of the molecule is N#CCN(C(=O)COC(=O)Cc1ccc2c(c1)OCCO2)c1ccccc1. The highest BCUT2D eigenvalue weighted by atomic mass is 16.6. The number of carbonyl (C=O) groups excluding carboxylic acids is 2. The number of fused-ring (bicyclic) bond motifs is 1. The van der Waals surface area contributed by atoms with Crippen LogP contribution in [0.3, 0.4) is 0 Å². The van der Waals surface area contributed by atoms with E-state index in [1.807, 2.05) is 12.1 Å². The summed E-state index contributed by atoms with van der Waals surface area (Å²) in [5, 5.41) is 8.94. The summed E-state index contributed by atoms with van der Waals surface area (Å²) in [6, 6.07) is 15.9. The quantitative estimate of drug-likeness (QED) is 0.575. The highest BCUT2D eigenvalue weighted by molar-refractivity contribution is 5.95. The van der Waals surface area contributed by atoms with Crippen LogP contribution in [0, 0.1) is 11.3 Å². The number of para-hydroxylation sites is 1. The molecule has 2 aromatic carbocycles. The van der Waals surface area contributed by atoms with Gasteiger partial charge in [0.2, 0.25) is 0 Å². The Labute approximate surface area is 156 Å². The summed E-state index contributed by atoms with van der Waals surface area (Å²) in [4.78, 5) is 25.7. The Morgan fingerprint density at radius 2 is 1.81 bits per heavy atom. The molecule has 0 atom stereocenters. The van der Waals surface area contributed by atoms with E-state index in [1.165, 1.54) is 4.90 Å². The van der Waals surface area contributed by atoms with Crippen LogP contribution < -0.4 is 14.4 Å². The molecule has 1 amide bonds. The average Bonchev–Trinajstić information content (AvgIpc) is 2.71. The number of benzene rings is 2. The van der Waals surface area contributed by atoms with E-state index in [0.29, 0.717) is 36.0 Å². The van der Waals surface area contributed by atoms with Gasteiger partial charge in [0.1, 0.15) is 19.8 Å². The van der Waals surface area contributed by atoms with E-state index in [9.17, 15) is 9.59 Å². The first-order chi connectivity index (χ1) is 13.2. The second kappa shape index (κ2) is 8.72. The summed E-state index contributed by atoms with van der Waals surface area (Å²) in [6.07, 6.45) is 0.00745. The summed E-state index contributed by atoms with van der Waals surface area (Å²) < 4.78 is 16.0. The van der Waals surface area contributed by atoms with E-state index in [2.05, 4.69) is 0 Å². The van der Waals surface area contributed by atoms with Gasteiger partial charge < -0.3 is 14.2 Å². The third kappa shape index (κ3) is 4.76. The Kier molecular flexibility index (Phi) is 5.90. The van der Waals surface area contributed by atoms with Crippen LogP contribution in [-0.2, 0) is 20.7 Å². The van der Waals surface area contributed by atoms with Crippen LogP contribution in [0.4, 0.5) is 5.69 Å². The van der Waals surface area contributed by atoms with Crippen molar-refractivity contribution in [2.75, 3.05) is 31.3 Å². The van der Waals surface area contributed by atoms with Crippen molar-refractivity contribution in [3.05, 3.63) is 54.1 Å². The molecule has 0 spiro atoms. The topological polar surface area (TPSA) is 88.9 Å². The molecule has 1 aliphatic heterocycles. The maximum atomic E-state index is 12.3. The predicted octanol–water partition coefficient (Wildman–Crippen LogP) is 2.10. The van der Waals surface area contributed by atoms with Gasteiger partial charge in [-0.1, -0.05) is 24.3 Å². The first kappa shape index (κ1) is 18.3. The van der Waals surface area contributed by atoms with Crippen LogP contribution in [0.2, 0.25) is 0 Å². The Morgan fingerprint density at radius 1 is 1.07 bits per heavy atom. The smallest absolute Gasteiger partial charge is 0.310 e. The summed E-state index contributed by atoms with van der Waals surface area (Å²) in [6.45, 7) is 0.406. The molecule has 0 unspecified atom stereocenters. The maximum absolute atomic E-state index is 12.3. The minimum atomic E-state index is -0.537. The fourth-order valence-electron chi connectivity index (χ4n) is 2.64. The molecular formula is C20H18N2O5. The Morgan fingerprint density at radius 3 is 2.56 bits per heavy atom. The second-order valence-electron chi connectivity index (χ2n) is 5.79. The van der Waals surface area contributed by atoms with E-state index in [4.69, 9.17) is 19.5 Å². The summed E-state index contributed by atoms with van der Waals surface area (Å²) in [7, 11) is 0. The molecule has 0 radical (unpaired) electrons. The third-order valence-corrected chi connectivity index (χ3v) is 3.91. The fourth-order valence-corrected chi connectivity index (χ4v) is 2.64. The third-order valence-electron chi connectivity index (χ3n) is 3.91. The number of hydrogen-bond donors (Lipinski definition) is 0. The van der Waals surface area contributed by atoms with Crippen LogP contribution >= 0.6 is 0 Å². The molecule has 0 bridgehead atoms. The molecular weight excluding hydrogens is 348 g/mol. The monoisotopic (exact) mass is 366 g/mol. The zero-order valence-corrected chi connectivity index (χ0v) is 14.6. The van der Waals surface area contributed by atoms with E-state index in [-0.39, 0.29) is 13.0 Å². The molecule has 1 aliphatic rings. The number of amides is 1. The van der Waals surface area contributed by atoms with Gasteiger partial charge in [-0.15, -0.1) is 0 Å². The number of carbonyl (C=O) groups is 2. The molecule has 27 heavy (non-hydrogen) atoms. The second-order valence-corrected chi connectivity index (χ2v) is 5.79. The van der Waals surface area contributed by atoms with Crippen molar-refractivity contribution in [2.24, 2.45) is 0 Å². The van der Waals surface area contributed by atoms with Crippen LogP contribution in [-0.4, -0.2) is 38.2 Å². The van der Waals surface area contributed by atoms with Gasteiger partial charge in [0.05, 0.1) is 12.5 Å². The number of nitrogens with zero attached hydrogens (tertiary/aromatic N) is 2. The van der Waals surface area contributed by atoms with Gasteiger partial charge in [-0.05, 0) is 29.8 Å². The molecule has 7 heteroatoms. The van der Waals surface area contributed by atoms with Crippen LogP contribution in [0.5, 0.6) is 11.5 Å². The number of anilines is 1. The highest BCUT2D eigenvalue weighted by Crippen LogP contribution is 2.30. The number of nitriles is 1. The highest BCUT2D eigenvalue weighted by Gasteiger charge is 2.18. The zero-order chi connectivity index (χ0) is 19.1. The molecule has 2 aromatic rings. The lowest BCUT2D eigenvalue weighted by molar-refractivity contribution is -0.147. The van der Waals surface area contributed by atoms with Crippen molar-refractivity contribution >= 4 is 17.6 Å². The van der Waals surface area contributed by atoms with Gasteiger partial charge in [-0.3, -0.25) is 14.5 Å². The average molecular weight is 366 g/mol. The van der Waals surface area contributed by atoms with Crippen molar-refractivity contribution in [3.8, 4) is 17.6 Å². The molecule has 0 fully saturated rings. The molecule has 138 valence electrons. The summed E-state index contributed by atoms with van der Waals surface area (Å²) in [5.41, 5.74) is 1.28. The fraction of sp³-hybridized carbons (Fsp3) is 0.250. The first-order valence-electron chi connectivity index (χ1n) is 8.44. The van der Waals surface area contributed by atoms with Crippen molar-refractivity contribution in [1.82, 2.24) is 0 Å². The van der Waals surface area contributed by atoms with E-state index < -0.39 is 18.5 Å². The van der Waals surface area contributed by atoms with Gasteiger partial charge in [-0.2, -0.15) is 5.26 Å². The number of esters is 1. The summed E-state index contributed by atoms with van der Waals surface area (Å²) in [5.74, 6) is 0.235. The van der Waals surface area contributed by atoms with Crippen molar-refractivity contribution in [3.63, 3.8) is 0 Å². The van der Waals surface area contributed by atoms with Gasteiger partial charge in [-0.25, -0.2) is 0 Å². The van der Waals surface area contributed by atoms with E-state index in [0.717, 1.165) is 0 Å². The molecule has 0 N–H and O–H groups in total. The normalized spacial score (nSPS) is 12.0. The minimum Gasteiger partial charge on any atom is -0.486 e. The number of rotatable bonds is 6. The first-order valence-corrected chi connectivity index (χ1v) is 8.44. The molecule has 1 heterocycles. The van der Waals surface area contributed by atoms with E-state index in [1.54, 1.807) is 42.5 Å². The summed E-state index contributed by atoms with van der Waals surface area (Å²) >= 11 is 0. The standard InChI is InChI=1S/C20H18N2O5/c21-8-9-22(16-4-2-1-3-5-16)19(23)14-27-20(24)13-15-6-7-17-18(12-15)26-11-10-25-17/h1-7,12H,9-11,13-14H2.